The summed E-state index contributed by atoms with van der Waals surface area (Å²) in [7, 11) is 0. The Balaban J connectivity index is 1.60. The van der Waals surface area contributed by atoms with Crippen molar-refractivity contribution in [3.05, 3.63) is 108 Å². The Morgan fingerprint density at radius 1 is 0.433 bits per heavy atom. The van der Waals surface area contributed by atoms with E-state index < -0.39 is 71.3 Å². The lowest BCUT2D eigenvalue weighted by Crippen LogP contribution is -2.54. The van der Waals surface area contributed by atoms with Gasteiger partial charge < -0.3 is 61.4 Å². The minimum Gasteiger partial charge on any atom is -0.394 e. The van der Waals surface area contributed by atoms with Gasteiger partial charge in [0, 0.05) is 63.3 Å². The number of benzene rings is 3. The van der Waals surface area contributed by atoms with Crippen LogP contribution in [0.2, 0.25) is 0 Å². The van der Waals surface area contributed by atoms with Gasteiger partial charge in [0.1, 0.15) is 18.1 Å². The second-order valence-corrected chi connectivity index (χ2v) is 16.3. The van der Waals surface area contributed by atoms with Gasteiger partial charge in [0.25, 0.3) is 0 Å². The minimum atomic E-state index is -1.04. The molecule has 18 nitrogen and oxygen atoms in total. The smallest absolute Gasteiger partial charge is 0.243 e. The molecule has 1 saturated carbocycles. The molecule has 0 bridgehead atoms. The van der Waals surface area contributed by atoms with Crippen LogP contribution < -0.4 is 31.9 Å². The second-order valence-electron chi connectivity index (χ2n) is 16.3. The van der Waals surface area contributed by atoms with E-state index in [-0.39, 0.29) is 111 Å². The SMILES string of the molecule is O=C(N[C@@H](Cc1ccccc1)C(=O)NCCCOCCO)C1C[C@@H](C(=O)NC(Cc2ccccc2)C(=O)NCCOCCO)C[C@@H](C(=O)NC(Cc2ccccc2)C(=O)NCCOCCO)C1. The predicted molar refractivity (Wildman–Crippen MR) is 248 cm³/mol. The first kappa shape index (κ1) is 53.9. The number of hydrogen-bond acceptors (Lipinski definition) is 12. The predicted octanol–water partition coefficient (Wildman–Crippen LogP) is -0.0332. The monoisotopic (exact) mass is 932 g/mol. The van der Waals surface area contributed by atoms with Gasteiger partial charge in [-0.05, 0) is 42.4 Å². The summed E-state index contributed by atoms with van der Waals surface area (Å²) in [4.78, 5) is 84.2. The quantitative estimate of drug-likeness (QED) is 0.0386. The van der Waals surface area contributed by atoms with Gasteiger partial charge in [0.2, 0.25) is 35.4 Å². The van der Waals surface area contributed by atoms with E-state index in [1.165, 1.54) is 0 Å². The molecule has 4 rings (SSSR count). The molecule has 67 heavy (non-hydrogen) atoms. The molecule has 366 valence electrons. The third-order valence-corrected chi connectivity index (χ3v) is 11.1. The second kappa shape index (κ2) is 31.3. The number of rotatable bonds is 31. The molecule has 3 aromatic carbocycles. The number of amides is 6. The van der Waals surface area contributed by atoms with Crippen molar-refractivity contribution < 1.29 is 58.3 Å². The number of hydrogen-bond donors (Lipinski definition) is 9. The van der Waals surface area contributed by atoms with Crippen LogP contribution in [0.3, 0.4) is 0 Å². The normalized spacial score (nSPS) is 17.0. The molecule has 0 heterocycles. The van der Waals surface area contributed by atoms with E-state index in [0.717, 1.165) is 16.7 Å². The fourth-order valence-electron chi connectivity index (χ4n) is 7.76. The molecule has 0 radical (unpaired) electrons. The maximum absolute atomic E-state index is 14.4. The average molecular weight is 933 g/mol. The Morgan fingerprint density at radius 2 is 0.731 bits per heavy atom. The molecule has 0 saturated heterocycles. The van der Waals surface area contributed by atoms with Crippen molar-refractivity contribution in [1.29, 1.82) is 0 Å². The molecule has 9 N–H and O–H groups in total. The van der Waals surface area contributed by atoms with E-state index >= 15 is 0 Å². The molecule has 0 aromatic heterocycles. The zero-order valence-electron chi connectivity index (χ0n) is 38.1. The molecule has 3 unspecified atom stereocenters. The van der Waals surface area contributed by atoms with Gasteiger partial charge in [-0.15, -0.1) is 0 Å². The van der Waals surface area contributed by atoms with Crippen molar-refractivity contribution in [1.82, 2.24) is 31.9 Å². The van der Waals surface area contributed by atoms with E-state index in [1.807, 2.05) is 91.0 Å². The Morgan fingerprint density at radius 3 is 1.04 bits per heavy atom. The number of nitrogens with one attached hydrogen (secondary N) is 6. The summed E-state index contributed by atoms with van der Waals surface area (Å²) >= 11 is 0. The molecule has 1 fully saturated rings. The summed E-state index contributed by atoms with van der Waals surface area (Å²) in [6.45, 7) is 0.976. The van der Waals surface area contributed by atoms with Crippen molar-refractivity contribution in [2.45, 2.75) is 63.1 Å². The molecular formula is C49H68N6O12. The van der Waals surface area contributed by atoms with E-state index in [1.54, 1.807) is 0 Å². The van der Waals surface area contributed by atoms with Crippen molar-refractivity contribution in [2.75, 3.05) is 79.1 Å². The molecule has 6 amide bonds. The highest BCUT2D eigenvalue weighted by molar-refractivity contribution is 5.93. The molecular weight excluding hydrogens is 865 g/mol. The summed E-state index contributed by atoms with van der Waals surface area (Å²) in [5.74, 6) is -5.85. The van der Waals surface area contributed by atoms with Gasteiger partial charge in [-0.25, -0.2) is 0 Å². The lowest BCUT2D eigenvalue weighted by Gasteiger charge is -2.35. The standard InChI is InChI=1S/C49H68N6O12/c56-20-26-65-23-10-17-50-47(62)41(29-35-11-4-1-5-12-35)53-44(59)38-32-39(45(60)54-42(30-36-13-6-2-7-14-36)48(63)51-18-24-66-27-21-57)34-40(33-38)46(61)55-43(31-37-15-8-3-9-16-37)49(64)52-19-25-67-28-22-58/h1-9,11-16,38-43,56-58H,10,17-34H2,(H,50,62)(H,51,63)(H,52,64)(H,53,59)(H,54,60)(H,55,61)/t38?,39-,40+,41-,42?,43?/m0/s1. The van der Waals surface area contributed by atoms with Crippen molar-refractivity contribution in [3.63, 3.8) is 0 Å². The Kier molecular flexibility index (Phi) is 25.1. The zero-order valence-corrected chi connectivity index (χ0v) is 38.1. The number of ether oxygens (including phenoxy) is 3. The van der Waals surface area contributed by atoms with E-state index in [9.17, 15) is 28.8 Å². The highest BCUT2D eigenvalue weighted by Crippen LogP contribution is 2.35. The van der Waals surface area contributed by atoms with E-state index in [2.05, 4.69) is 31.9 Å². The largest absolute Gasteiger partial charge is 0.394 e. The maximum atomic E-state index is 14.4. The van der Waals surface area contributed by atoms with Gasteiger partial charge in [-0.3, -0.25) is 28.8 Å². The summed E-state index contributed by atoms with van der Waals surface area (Å²) in [5.41, 5.74) is 2.35. The number of carbonyl (C=O) groups is 6. The lowest BCUT2D eigenvalue weighted by atomic mass is 9.73. The van der Waals surface area contributed by atoms with Crippen LogP contribution in [0.4, 0.5) is 0 Å². The first-order valence-electron chi connectivity index (χ1n) is 23.0. The molecule has 6 atom stereocenters. The van der Waals surface area contributed by atoms with Crippen molar-refractivity contribution in [3.8, 4) is 0 Å². The lowest BCUT2D eigenvalue weighted by molar-refractivity contribution is -0.139. The first-order chi connectivity index (χ1) is 32.6. The molecule has 18 heteroatoms. The first-order valence-corrected chi connectivity index (χ1v) is 23.0. The van der Waals surface area contributed by atoms with Gasteiger partial charge in [0.05, 0.1) is 52.9 Å². The average Bonchev–Trinajstić information content (AvgIpc) is 3.34. The van der Waals surface area contributed by atoms with Gasteiger partial charge >= 0.3 is 0 Å². The fraction of sp³-hybridized carbons (Fsp3) is 0.510. The topological polar surface area (TPSA) is 263 Å². The van der Waals surface area contributed by atoms with Gasteiger partial charge in [0.15, 0.2) is 0 Å². The number of carbonyl (C=O) groups excluding carboxylic acids is 6. The summed E-state index contributed by atoms with van der Waals surface area (Å²) in [5, 5.41) is 44.2. The van der Waals surface area contributed by atoms with Crippen molar-refractivity contribution in [2.24, 2.45) is 17.8 Å². The van der Waals surface area contributed by atoms with Crippen LogP contribution in [-0.2, 0) is 62.2 Å². The van der Waals surface area contributed by atoms with Crippen LogP contribution in [0.25, 0.3) is 0 Å². The summed E-state index contributed by atoms with van der Waals surface area (Å²) in [6.07, 6.45) is 0.901. The van der Waals surface area contributed by atoms with Crippen LogP contribution in [0.1, 0.15) is 42.4 Å². The van der Waals surface area contributed by atoms with Crippen LogP contribution in [0, 0.1) is 17.8 Å². The zero-order chi connectivity index (χ0) is 48.1. The molecule has 1 aliphatic carbocycles. The fourth-order valence-corrected chi connectivity index (χ4v) is 7.76. The third-order valence-electron chi connectivity index (χ3n) is 11.1. The number of aliphatic hydroxyl groups excluding tert-OH is 3. The van der Waals surface area contributed by atoms with E-state index in [0.29, 0.717) is 13.0 Å². The Labute approximate surface area is 392 Å². The maximum Gasteiger partial charge on any atom is 0.243 e. The van der Waals surface area contributed by atoms with Crippen LogP contribution in [-0.4, -0.2) is 148 Å². The summed E-state index contributed by atoms with van der Waals surface area (Å²) in [6, 6.07) is 24.3. The van der Waals surface area contributed by atoms with Crippen LogP contribution in [0.15, 0.2) is 91.0 Å². The van der Waals surface area contributed by atoms with Gasteiger partial charge in [-0.2, -0.15) is 0 Å². The molecule has 3 aromatic rings. The van der Waals surface area contributed by atoms with Crippen LogP contribution in [0.5, 0.6) is 0 Å². The van der Waals surface area contributed by atoms with E-state index in [4.69, 9.17) is 29.5 Å². The van der Waals surface area contributed by atoms with Gasteiger partial charge in [-0.1, -0.05) is 91.0 Å². The highest BCUT2D eigenvalue weighted by atomic mass is 16.5. The highest BCUT2D eigenvalue weighted by Gasteiger charge is 2.41. The third kappa shape index (κ3) is 20.3. The Hall–Kier alpha value is -5.76. The number of aliphatic hydroxyl groups is 3. The van der Waals surface area contributed by atoms with Crippen LogP contribution >= 0.6 is 0 Å². The molecule has 0 aliphatic heterocycles. The minimum absolute atomic E-state index is 0.000234. The molecule has 1 aliphatic rings. The Bertz CT molecular complexity index is 1840. The summed E-state index contributed by atoms with van der Waals surface area (Å²) < 4.78 is 15.9. The van der Waals surface area contributed by atoms with Crippen molar-refractivity contribution >= 4 is 35.4 Å². The molecule has 0 spiro atoms.